The van der Waals surface area contributed by atoms with E-state index in [1.165, 1.54) is 0 Å². The lowest BCUT2D eigenvalue weighted by molar-refractivity contribution is -0.117. The molecule has 0 spiro atoms. The lowest BCUT2D eigenvalue weighted by atomic mass is 9.91. The van der Waals surface area contributed by atoms with Gasteiger partial charge in [-0.25, -0.2) is 0 Å². The molecule has 0 bridgehead atoms. The second-order valence-electron chi connectivity index (χ2n) is 2.89. The van der Waals surface area contributed by atoms with Crippen molar-refractivity contribution < 1.29 is 9.59 Å². The van der Waals surface area contributed by atoms with E-state index in [0.29, 0.717) is 24.0 Å². The maximum Gasteiger partial charge on any atom is 0.245 e. The van der Waals surface area contributed by atoms with Crippen LogP contribution in [0, 0.1) is 0 Å². The fourth-order valence-electron chi connectivity index (χ4n) is 1.45. The first-order valence-electron chi connectivity index (χ1n) is 3.94. The molecular formula is C8H12N2O2. The van der Waals surface area contributed by atoms with E-state index in [9.17, 15) is 9.59 Å². The van der Waals surface area contributed by atoms with Crippen LogP contribution in [0.5, 0.6) is 0 Å². The topological polar surface area (TPSA) is 86.2 Å². The summed E-state index contributed by atoms with van der Waals surface area (Å²) in [6, 6.07) is 0. The molecule has 1 aliphatic rings. The van der Waals surface area contributed by atoms with Crippen LogP contribution < -0.4 is 11.5 Å². The van der Waals surface area contributed by atoms with Gasteiger partial charge in [-0.3, -0.25) is 9.59 Å². The van der Waals surface area contributed by atoms with Crippen molar-refractivity contribution in [3.8, 4) is 0 Å². The molecule has 0 atom stereocenters. The standard InChI is InChI=1S/C8H12N2O2/c9-7(11)5-3-1-2-4-6(5)8(10)12/h1-4H2,(H2,9,11)(H2,10,12). The van der Waals surface area contributed by atoms with Crippen LogP contribution in [0.1, 0.15) is 25.7 Å². The molecule has 4 N–H and O–H groups in total. The van der Waals surface area contributed by atoms with E-state index in [0.717, 1.165) is 12.8 Å². The number of carbonyl (C=O) groups is 2. The highest BCUT2D eigenvalue weighted by atomic mass is 16.2. The highest BCUT2D eigenvalue weighted by Gasteiger charge is 2.19. The minimum Gasteiger partial charge on any atom is -0.366 e. The Bertz CT molecular complexity index is 230. The number of carbonyl (C=O) groups excluding carboxylic acids is 2. The smallest absolute Gasteiger partial charge is 0.245 e. The molecule has 0 radical (unpaired) electrons. The van der Waals surface area contributed by atoms with Gasteiger partial charge in [-0.05, 0) is 25.7 Å². The summed E-state index contributed by atoms with van der Waals surface area (Å²) in [5, 5.41) is 0. The Morgan fingerprint density at radius 3 is 1.50 bits per heavy atom. The molecule has 0 saturated carbocycles. The van der Waals surface area contributed by atoms with Crippen LogP contribution in [-0.4, -0.2) is 11.8 Å². The van der Waals surface area contributed by atoms with Crippen LogP contribution in [0.2, 0.25) is 0 Å². The van der Waals surface area contributed by atoms with E-state index in [1.807, 2.05) is 0 Å². The van der Waals surface area contributed by atoms with Gasteiger partial charge in [0.15, 0.2) is 0 Å². The monoisotopic (exact) mass is 168 g/mol. The predicted molar refractivity (Wildman–Crippen MR) is 43.9 cm³/mol. The zero-order valence-corrected chi connectivity index (χ0v) is 6.80. The third-order valence-corrected chi connectivity index (χ3v) is 2.06. The molecule has 0 aliphatic heterocycles. The molecule has 0 aromatic rings. The van der Waals surface area contributed by atoms with Gasteiger partial charge in [0.25, 0.3) is 0 Å². The average molecular weight is 168 g/mol. The average Bonchev–Trinajstić information content (AvgIpc) is 2.04. The molecule has 0 saturated heterocycles. The van der Waals surface area contributed by atoms with Crippen molar-refractivity contribution in [1.29, 1.82) is 0 Å². The molecule has 0 heterocycles. The Kier molecular flexibility index (Phi) is 2.47. The van der Waals surface area contributed by atoms with Gasteiger partial charge < -0.3 is 11.5 Å². The molecular weight excluding hydrogens is 156 g/mol. The van der Waals surface area contributed by atoms with Crippen molar-refractivity contribution in [2.75, 3.05) is 0 Å². The second-order valence-corrected chi connectivity index (χ2v) is 2.89. The largest absolute Gasteiger partial charge is 0.366 e. The van der Waals surface area contributed by atoms with E-state index >= 15 is 0 Å². The van der Waals surface area contributed by atoms with Gasteiger partial charge in [0, 0.05) is 11.1 Å². The third-order valence-electron chi connectivity index (χ3n) is 2.06. The number of rotatable bonds is 2. The highest BCUT2D eigenvalue weighted by Crippen LogP contribution is 2.23. The first-order valence-corrected chi connectivity index (χ1v) is 3.94. The summed E-state index contributed by atoms with van der Waals surface area (Å²) in [4.78, 5) is 21.7. The van der Waals surface area contributed by atoms with E-state index in [-0.39, 0.29) is 0 Å². The van der Waals surface area contributed by atoms with Crippen LogP contribution in [0.15, 0.2) is 11.1 Å². The van der Waals surface area contributed by atoms with Gasteiger partial charge in [-0.15, -0.1) is 0 Å². The Morgan fingerprint density at radius 2 is 1.25 bits per heavy atom. The molecule has 4 heteroatoms. The molecule has 0 aromatic heterocycles. The van der Waals surface area contributed by atoms with E-state index in [4.69, 9.17) is 11.5 Å². The lowest BCUT2D eigenvalue weighted by Crippen LogP contribution is -2.24. The minimum atomic E-state index is -0.511. The van der Waals surface area contributed by atoms with Crippen LogP contribution in [0.3, 0.4) is 0 Å². The van der Waals surface area contributed by atoms with Gasteiger partial charge in [0.1, 0.15) is 0 Å². The molecule has 1 aliphatic carbocycles. The molecule has 2 amide bonds. The van der Waals surface area contributed by atoms with Crippen LogP contribution >= 0.6 is 0 Å². The van der Waals surface area contributed by atoms with Crippen LogP contribution in [0.4, 0.5) is 0 Å². The minimum absolute atomic E-state index is 0.425. The maximum absolute atomic E-state index is 10.8. The second kappa shape index (κ2) is 3.38. The van der Waals surface area contributed by atoms with Crippen LogP contribution in [-0.2, 0) is 9.59 Å². The van der Waals surface area contributed by atoms with Gasteiger partial charge in [0.05, 0.1) is 0 Å². The zero-order valence-electron chi connectivity index (χ0n) is 6.80. The SMILES string of the molecule is NC(=O)C1=C(C(N)=O)CCCC1. The highest BCUT2D eigenvalue weighted by molar-refractivity contribution is 6.03. The van der Waals surface area contributed by atoms with E-state index < -0.39 is 11.8 Å². The Morgan fingerprint density at radius 1 is 0.917 bits per heavy atom. The number of nitrogens with two attached hydrogens (primary N) is 2. The van der Waals surface area contributed by atoms with Crippen LogP contribution in [0.25, 0.3) is 0 Å². The number of hydrogen-bond acceptors (Lipinski definition) is 2. The predicted octanol–water partition coefficient (Wildman–Crippen LogP) is -0.172. The van der Waals surface area contributed by atoms with Crippen molar-refractivity contribution in [2.24, 2.45) is 11.5 Å². The fourth-order valence-corrected chi connectivity index (χ4v) is 1.45. The summed E-state index contributed by atoms with van der Waals surface area (Å²) < 4.78 is 0. The van der Waals surface area contributed by atoms with Gasteiger partial charge in [0.2, 0.25) is 11.8 Å². The van der Waals surface area contributed by atoms with Crippen molar-refractivity contribution in [1.82, 2.24) is 0 Å². The lowest BCUT2D eigenvalue weighted by Gasteiger charge is -2.14. The van der Waals surface area contributed by atoms with Gasteiger partial charge >= 0.3 is 0 Å². The first-order chi connectivity index (χ1) is 5.63. The van der Waals surface area contributed by atoms with Crippen molar-refractivity contribution >= 4 is 11.8 Å². The zero-order chi connectivity index (χ0) is 9.14. The molecule has 0 unspecified atom stereocenters. The Labute approximate surface area is 70.6 Å². The molecule has 0 aromatic carbocycles. The summed E-state index contributed by atoms with van der Waals surface area (Å²) in [6.45, 7) is 0. The van der Waals surface area contributed by atoms with Crippen molar-refractivity contribution in [3.63, 3.8) is 0 Å². The summed E-state index contributed by atoms with van der Waals surface area (Å²) in [7, 11) is 0. The molecule has 4 nitrogen and oxygen atoms in total. The number of hydrogen-bond donors (Lipinski definition) is 2. The van der Waals surface area contributed by atoms with E-state index in [1.54, 1.807) is 0 Å². The van der Waals surface area contributed by atoms with Gasteiger partial charge in [-0.2, -0.15) is 0 Å². The first kappa shape index (κ1) is 8.77. The Hall–Kier alpha value is -1.32. The molecule has 1 rings (SSSR count). The summed E-state index contributed by atoms with van der Waals surface area (Å²) in [5.41, 5.74) is 11.0. The fraction of sp³-hybridized carbons (Fsp3) is 0.500. The maximum atomic E-state index is 10.8. The summed E-state index contributed by atoms with van der Waals surface area (Å²) in [5.74, 6) is -1.02. The normalized spacial score (nSPS) is 17.7. The third kappa shape index (κ3) is 1.64. The number of amides is 2. The summed E-state index contributed by atoms with van der Waals surface area (Å²) in [6.07, 6.45) is 3.01. The van der Waals surface area contributed by atoms with Crippen molar-refractivity contribution in [3.05, 3.63) is 11.1 Å². The molecule has 12 heavy (non-hydrogen) atoms. The molecule has 66 valence electrons. The van der Waals surface area contributed by atoms with Gasteiger partial charge in [-0.1, -0.05) is 0 Å². The van der Waals surface area contributed by atoms with Crippen molar-refractivity contribution in [2.45, 2.75) is 25.7 Å². The number of primary amides is 2. The molecule has 0 fully saturated rings. The summed E-state index contributed by atoms with van der Waals surface area (Å²) >= 11 is 0. The quantitative estimate of drug-likeness (QED) is 0.599. The van der Waals surface area contributed by atoms with E-state index in [2.05, 4.69) is 0 Å². The Balaban J connectivity index is 2.99.